The summed E-state index contributed by atoms with van der Waals surface area (Å²) in [6.45, 7) is 4.93. The second kappa shape index (κ2) is 6.99. The van der Waals surface area contributed by atoms with E-state index in [0.29, 0.717) is 0 Å². The first-order chi connectivity index (χ1) is 7.33. The summed E-state index contributed by atoms with van der Waals surface area (Å²) in [6.07, 6.45) is 8.49. The first-order valence-corrected chi connectivity index (χ1v) is 6.10. The second-order valence-corrected chi connectivity index (χ2v) is 4.07. The van der Waals surface area contributed by atoms with Crippen LogP contribution in [0.4, 0.5) is 0 Å². The highest BCUT2D eigenvalue weighted by atomic mass is 16.5. The fourth-order valence-electron chi connectivity index (χ4n) is 2.26. The SMILES string of the molecule is CCOC(CC)C(NN)C1=CCCCC1. The topological polar surface area (TPSA) is 47.3 Å². The van der Waals surface area contributed by atoms with Crippen molar-refractivity contribution >= 4 is 0 Å². The highest BCUT2D eigenvalue weighted by Gasteiger charge is 2.23. The molecule has 0 aromatic carbocycles. The Morgan fingerprint density at radius 3 is 2.73 bits per heavy atom. The monoisotopic (exact) mass is 212 g/mol. The van der Waals surface area contributed by atoms with Crippen molar-refractivity contribution in [3.8, 4) is 0 Å². The molecule has 1 aliphatic carbocycles. The lowest BCUT2D eigenvalue weighted by Crippen LogP contribution is -2.46. The third-order valence-electron chi connectivity index (χ3n) is 3.06. The van der Waals surface area contributed by atoms with Gasteiger partial charge in [-0.25, -0.2) is 0 Å². The van der Waals surface area contributed by atoms with Gasteiger partial charge in [0.2, 0.25) is 0 Å². The summed E-state index contributed by atoms with van der Waals surface area (Å²) in [6, 6.07) is 0.204. The maximum atomic E-state index is 5.71. The van der Waals surface area contributed by atoms with Crippen molar-refractivity contribution in [2.45, 2.75) is 58.1 Å². The third kappa shape index (κ3) is 3.59. The molecule has 15 heavy (non-hydrogen) atoms. The van der Waals surface area contributed by atoms with Gasteiger partial charge >= 0.3 is 0 Å². The van der Waals surface area contributed by atoms with E-state index in [9.17, 15) is 0 Å². The molecule has 1 aliphatic rings. The average molecular weight is 212 g/mol. The molecular formula is C12H24N2O. The minimum Gasteiger partial charge on any atom is -0.376 e. The first kappa shape index (κ1) is 12.7. The van der Waals surface area contributed by atoms with Crippen LogP contribution < -0.4 is 11.3 Å². The van der Waals surface area contributed by atoms with Crippen molar-refractivity contribution in [3.05, 3.63) is 11.6 Å². The maximum absolute atomic E-state index is 5.71. The summed E-state index contributed by atoms with van der Waals surface area (Å²) in [5.41, 5.74) is 4.35. The molecule has 2 atom stereocenters. The van der Waals surface area contributed by atoms with Gasteiger partial charge in [-0.3, -0.25) is 11.3 Å². The minimum absolute atomic E-state index is 0.204. The summed E-state index contributed by atoms with van der Waals surface area (Å²) >= 11 is 0. The molecule has 0 aromatic rings. The van der Waals surface area contributed by atoms with E-state index in [-0.39, 0.29) is 12.1 Å². The smallest absolute Gasteiger partial charge is 0.0776 e. The molecule has 1 rings (SSSR count). The van der Waals surface area contributed by atoms with Gasteiger partial charge in [-0.15, -0.1) is 0 Å². The van der Waals surface area contributed by atoms with Crippen molar-refractivity contribution in [1.82, 2.24) is 5.43 Å². The minimum atomic E-state index is 0.204. The summed E-state index contributed by atoms with van der Waals surface area (Å²) in [7, 11) is 0. The van der Waals surface area contributed by atoms with E-state index < -0.39 is 0 Å². The third-order valence-corrected chi connectivity index (χ3v) is 3.06. The Morgan fingerprint density at radius 1 is 1.47 bits per heavy atom. The molecule has 0 fully saturated rings. The molecule has 0 radical (unpaired) electrons. The van der Waals surface area contributed by atoms with Crippen LogP contribution in [0.1, 0.15) is 46.0 Å². The van der Waals surface area contributed by atoms with Crippen molar-refractivity contribution in [1.29, 1.82) is 0 Å². The highest BCUT2D eigenvalue weighted by Crippen LogP contribution is 2.23. The van der Waals surface area contributed by atoms with Crippen LogP contribution in [-0.2, 0) is 4.74 Å². The zero-order valence-electron chi connectivity index (χ0n) is 9.96. The van der Waals surface area contributed by atoms with Gasteiger partial charge in [0, 0.05) is 6.61 Å². The first-order valence-electron chi connectivity index (χ1n) is 6.10. The molecule has 0 aliphatic heterocycles. The Kier molecular flexibility index (Phi) is 5.91. The number of allylic oxidation sites excluding steroid dienone is 1. The van der Waals surface area contributed by atoms with Crippen LogP contribution in [0.5, 0.6) is 0 Å². The summed E-state index contributed by atoms with van der Waals surface area (Å²) in [5, 5.41) is 0. The lowest BCUT2D eigenvalue weighted by Gasteiger charge is -2.29. The quantitative estimate of drug-likeness (QED) is 0.403. The summed E-state index contributed by atoms with van der Waals surface area (Å²) in [4.78, 5) is 0. The number of rotatable bonds is 6. The van der Waals surface area contributed by atoms with Crippen molar-refractivity contribution in [2.24, 2.45) is 5.84 Å². The lowest BCUT2D eigenvalue weighted by atomic mass is 9.90. The van der Waals surface area contributed by atoms with Crippen LogP contribution in [0.25, 0.3) is 0 Å². The zero-order chi connectivity index (χ0) is 11.1. The van der Waals surface area contributed by atoms with Gasteiger partial charge in [-0.1, -0.05) is 18.6 Å². The van der Waals surface area contributed by atoms with Gasteiger partial charge in [0.25, 0.3) is 0 Å². The fourth-order valence-corrected chi connectivity index (χ4v) is 2.26. The molecule has 88 valence electrons. The Bertz CT molecular complexity index is 204. The van der Waals surface area contributed by atoms with E-state index >= 15 is 0 Å². The van der Waals surface area contributed by atoms with E-state index in [1.807, 2.05) is 6.92 Å². The predicted molar refractivity (Wildman–Crippen MR) is 63.4 cm³/mol. The fraction of sp³-hybridized carbons (Fsp3) is 0.833. The van der Waals surface area contributed by atoms with Gasteiger partial charge in [0.05, 0.1) is 12.1 Å². The second-order valence-electron chi connectivity index (χ2n) is 4.07. The van der Waals surface area contributed by atoms with Gasteiger partial charge in [0.15, 0.2) is 0 Å². The van der Waals surface area contributed by atoms with Crippen LogP contribution in [0.3, 0.4) is 0 Å². The molecule has 0 saturated heterocycles. The van der Waals surface area contributed by atoms with E-state index in [4.69, 9.17) is 10.6 Å². The average Bonchev–Trinajstić information content (AvgIpc) is 2.30. The largest absolute Gasteiger partial charge is 0.376 e. The molecule has 2 unspecified atom stereocenters. The number of hydrazine groups is 1. The molecule has 0 aromatic heterocycles. The lowest BCUT2D eigenvalue weighted by molar-refractivity contribution is 0.0396. The van der Waals surface area contributed by atoms with E-state index in [2.05, 4.69) is 18.4 Å². The Hall–Kier alpha value is -0.380. The van der Waals surface area contributed by atoms with Crippen LogP contribution in [-0.4, -0.2) is 18.8 Å². The molecule has 3 heteroatoms. The van der Waals surface area contributed by atoms with Crippen molar-refractivity contribution in [2.75, 3.05) is 6.61 Å². The number of nitrogens with one attached hydrogen (secondary N) is 1. The predicted octanol–water partition coefficient (Wildman–Crippen LogP) is 2.13. The van der Waals surface area contributed by atoms with Crippen LogP contribution in [0, 0.1) is 0 Å². The van der Waals surface area contributed by atoms with Gasteiger partial charge in [-0.05, 0) is 39.0 Å². The normalized spacial score (nSPS) is 20.9. The van der Waals surface area contributed by atoms with Crippen LogP contribution >= 0.6 is 0 Å². The van der Waals surface area contributed by atoms with E-state index in [1.165, 1.54) is 31.3 Å². The molecule has 3 nitrogen and oxygen atoms in total. The highest BCUT2D eigenvalue weighted by molar-refractivity contribution is 5.15. The zero-order valence-corrected chi connectivity index (χ0v) is 9.96. The molecule has 0 spiro atoms. The standard InChI is InChI=1S/C12H24N2O/c1-3-11(15-4-2)12(14-13)10-8-6-5-7-9-10/h8,11-12,14H,3-7,9,13H2,1-2H3. The Balaban J connectivity index is 2.62. The van der Waals surface area contributed by atoms with E-state index in [0.717, 1.165) is 13.0 Å². The summed E-state index contributed by atoms with van der Waals surface area (Å²) in [5.74, 6) is 5.64. The number of hydrogen-bond acceptors (Lipinski definition) is 3. The number of ether oxygens (including phenoxy) is 1. The number of hydrogen-bond donors (Lipinski definition) is 2. The molecule has 0 amide bonds. The van der Waals surface area contributed by atoms with E-state index in [1.54, 1.807) is 0 Å². The van der Waals surface area contributed by atoms with Crippen molar-refractivity contribution in [3.63, 3.8) is 0 Å². The van der Waals surface area contributed by atoms with Gasteiger partial charge < -0.3 is 4.74 Å². The molecule has 0 saturated carbocycles. The molecule has 3 N–H and O–H groups in total. The summed E-state index contributed by atoms with van der Waals surface area (Å²) < 4.78 is 5.71. The van der Waals surface area contributed by atoms with Crippen LogP contribution in [0.15, 0.2) is 11.6 Å². The molecule has 0 heterocycles. The maximum Gasteiger partial charge on any atom is 0.0776 e. The van der Waals surface area contributed by atoms with Crippen molar-refractivity contribution < 1.29 is 4.74 Å². The van der Waals surface area contributed by atoms with Crippen LogP contribution in [0.2, 0.25) is 0 Å². The number of nitrogens with two attached hydrogens (primary N) is 1. The Morgan fingerprint density at radius 2 is 2.27 bits per heavy atom. The van der Waals surface area contributed by atoms with Gasteiger partial charge in [-0.2, -0.15) is 0 Å². The van der Waals surface area contributed by atoms with Gasteiger partial charge in [0.1, 0.15) is 0 Å². The molecule has 0 bridgehead atoms. The Labute approximate surface area is 93.0 Å². The molecular weight excluding hydrogens is 188 g/mol.